The van der Waals surface area contributed by atoms with Gasteiger partial charge < -0.3 is 15.4 Å². The fourth-order valence-electron chi connectivity index (χ4n) is 3.63. The van der Waals surface area contributed by atoms with Crippen molar-refractivity contribution < 1.29 is 9.90 Å². The number of carbonyl (C=O) groups is 1. The molecule has 2 aliphatic rings. The van der Waals surface area contributed by atoms with Crippen LogP contribution in [0.25, 0.3) is 0 Å². The molecule has 6 nitrogen and oxygen atoms in total. The third-order valence-electron chi connectivity index (χ3n) is 5.09. The fourth-order valence-corrected chi connectivity index (χ4v) is 3.63. The van der Waals surface area contributed by atoms with Gasteiger partial charge in [0, 0.05) is 18.3 Å². The number of aromatic nitrogens is 1. The summed E-state index contributed by atoms with van der Waals surface area (Å²) in [6, 6.07) is 3.52. The van der Waals surface area contributed by atoms with Crippen molar-refractivity contribution in [3.8, 4) is 0 Å². The SMILES string of the molecule is O=C(NC1CCC(O)CC1)c1ccc(CN2CCCCC2)[nH]c1=O. The van der Waals surface area contributed by atoms with E-state index >= 15 is 0 Å². The summed E-state index contributed by atoms with van der Waals surface area (Å²) < 4.78 is 0. The number of aliphatic hydroxyl groups is 1. The Balaban J connectivity index is 1.59. The topological polar surface area (TPSA) is 85.4 Å². The third-order valence-corrected chi connectivity index (χ3v) is 5.09. The molecule has 24 heavy (non-hydrogen) atoms. The summed E-state index contributed by atoms with van der Waals surface area (Å²) in [6.07, 6.45) is 6.38. The second kappa shape index (κ2) is 7.94. The number of amides is 1. The van der Waals surface area contributed by atoms with Crippen LogP contribution in [0.15, 0.2) is 16.9 Å². The van der Waals surface area contributed by atoms with E-state index in [1.165, 1.54) is 19.3 Å². The van der Waals surface area contributed by atoms with Crippen LogP contribution in [0.1, 0.15) is 61.0 Å². The molecule has 1 saturated heterocycles. The van der Waals surface area contributed by atoms with Crippen LogP contribution in [0.4, 0.5) is 0 Å². The Bertz CT molecular complexity index is 614. The molecule has 3 N–H and O–H groups in total. The molecule has 1 amide bonds. The number of rotatable bonds is 4. The zero-order chi connectivity index (χ0) is 16.9. The molecule has 1 aliphatic heterocycles. The van der Waals surface area contributed by atoms with Crippen molar-refractivity contribution in [3.63, 3.8) is 0 Å². The lowest BCUT2D eigenvalue weighted by molar-refractivity contribution is 0.0866. The maximum atomic E-state index is 12.3. The van der Waals surface area contributed by atoms with Crippen LogP contribution < -0.4 is 10.9 Å². The predicted molar refractivity (Wildman–Crippen MR) is 91.9 cm³/mol. The molecule has 132 valence electrons. The molecule has 0 radical (unpaired) electrons. The Morgan fingerprint density at radius 2 is 1.88 bits per heavy atom. The zero-order valence-corrected chi connectivity index (χ0v) is 14.1. The number of nitrogens with zero attached hydrogens (tertiary/aromatic N) is 1. The van der Waals surface area contributed by atoms with Gasteiger partial charge >= 0.3 is 0 Å². The van der Waals surface area contributed by atoms with Crippen molar-refractivity contribution in [1.82, 2.24) is 15.2 Å². The minimum atomic E-state index is -0.321. The molecular weight excluding hydrogens is 306 g/mol. The largest absolute Gasteiger partial charge is 0.393 e. The summed E-state index contributed by atoms with van der Waals surface area (Å²) in [7, 11) is 0. The molecule has 0 unspecified atom stereocenters. The lowest BCUT2D eigenvalue weighted by atomic mass is 9.93. The van der Waals surface area contributed by atoms with E-state index in [9.17, 15) is 14.7 Å². The number of aromatic amines is 1. The Labute approximate surface area is 142 Å². The highest BCUT2D eigenvalue weighted by molar-refractivity contribution is 5.94. The number of piperidine rings is 1. The summed E-state index contributed by atoms with van der Waals surface area (Å²) in [5, 5.41) is 12.4. The lowest BCUT2D eigenvalue weighted by Gasteiger charge is -2.26. The molecule has 0 bridgehead atoms. The van der Waals surface area contributed by atoms with E-state index in [2.05, 4.69) is 15.2 Å². The van der Waals surface area contributed by atoms with Gasteiger partial charge in [-0.15, -0.1) is 0 Å². The highest BCUT2D eigenvalue weighted by Crippen LogP contribution is 2.18. The smallest absolute Gasteiger partial charge is 0.261 e. The van der Waals surface area contributed by atoms with Gasteiger partial charge in [0.25, 0.3) is 11.5 Å². The summed E-state index contributed by atoms with van der Waals surface area (Å²) in [4.78, 5) is 29.7. The average molecular weight is 333 g/mol. The predicted octanol–water partition coefficient (Wildman–Crippen LogP) is 1.39. The number of carbonyl (C=O) groups excluding carboxylic acids is 1. The van der Waals surface area contributed by atoms with Crippen molar-refractivity contribution in [1.29, 1.82) is 0 Å². The maximum absolute atomic E-state index is 12.3. The molecule has 0 spiro atoms. The molecule has 1 aromatic rings. The van der Waals surface area contributed by atoms with Gasteiger partial charge in [-0.3, -0.25) is 14.5 Å². The normalized spacial score (nSPS) is 25.4. The molecule has 2 fully saturated rings. The van der Waals surface area contributed by atoms with E-state index in [-0.39, 0.29) is 29.2 Å². The Morgan fingerprint density at radius 1 is 1.17 bits per heavy atom. The molecule has 1 saturated carbocycles. The molecule has 1 aromatic heterocycles. The highest BCUT2D eigenvalue weighted by atomic mass is 16.3. The van der Waals surface area contributed by atoms with Crippen LogP contribution in [-0.4, -0.2) is 46.1 Å². The van der Waals surface area contributed by atoms with Gasteiger partial charge in [0.05, 0.1) is 6.10 Å². The number of pyridine rings is 1. The zero-order valence-electron chi connectivity index (χ0n) is 14.1. The summed E-state index contributed by atoms with van der Waals surface area (Å²) in [5.74, 6) is -0.317. The van der Waals surface area contributed by atoms with Gasteiger partial charge in [0.2, 0.25) is 0 Å². The fraction of sp³-hybridized carbons (Fsp3) is 0.667. The van der Waals surface area contributed by atoms with Crippen LogP contribution in [0.3, 0.4) is 0 Å². The third kappa shape index (κ3) is 4.45. The van der Waals surface area contributed by atoms with E-state index in [4.69, 9.17) is 0 Å². The quantitative estimate of drug-likeness (QED) is 0.777. The Hall–Kier alpha value is -1.66. The number of hydrogen-bond donors (Lipinski definition) is 3. The average Bonchev–Trinajstić information content (AvgIpc) is 2.58. The van der Waals surface area contributed by atoms with Gasteiger partial charge in [0.15, 0.2) is 0 Å². The summed E-state index contributed by atoms with van der Waals surface area (Å²) in [6.45, 7) is 2.87. The standard InChI is InChI=1S/C18H27N3O3/c22-15-7-4-13(5-8-15)19-17(23)16-9-6-14(20-18(16)24)12-21-10-2-1-3-11-21/h6,9,13,15,22H,1-5,7-8,10-12H2,(H,19,23)(H,20,24). The molecule has 6 heteroatoms. The van der Waals surface area contributed by atoms with Crippen LogP contribution in [0, 0.1) is 0 Å². The van der Waals surface area contributed by atoms with E-state index in [0.29, 0.717) is 12.8 Å². The van der Waals surface area contributed by atoms with Crippen LogP contribution in [-0.2, 0) is 6.54 Å². The van der Waals surface area contributed by atoms with Crippen molar-refractivity contribution in [3.05, 3.63) is 33.7 Å². The Morgan fingerprint density at radius 3 is 2.54 bits per heavy atom. The van der Waals surface area contributed by atoms with Gasteiger partial charge in [-0.2, -0.15) is 0 Å². The second-order valence-electron chi connectivity index (χ2n) is 7.04. The highest BCUT2D eigenvalue weighted by Gasteiger charge is 2.22. The minimum absolute atomic E-state index is 0.0494. The molecular formula is C18H27N3O3. The van der Waals surface area contributed by atoms with Crippen molar-refractivity contribution in [2.75, 3.05) is 13.1 Å². The molecule has 2 heterocycles. The van der Waals surface area contributed by atoms with Gasteiger partial charge in [-0.1, -0.05) is 6.42 Å². The molecule has 1 aliphatic carbocycles. The Kier molecular flexibility index (Phi) is 5.68. The molecule has 0 atom stereocenters. The van der Waals surface area contributed by atoms with Gasteiger partial charge in [-0.05, 0) is 63.7 Å². The lowest BCUT2D eigenvalue weighted by Crippen LogP contribution is -2.40. The van der Waals surface area contributed by atoms with Gasteiger partial charge in [0.1, 0.15) is 5.56 Å². The number of aliphatic hydroxyl groups excluding tert-OH is 1. The summed E-state index contributed by atoms with van der Waals surface area (Å²) >= 11 is 0. The van der Waals surface area contributed by atoms with Gasteiger partial charge in [-0.25, -0.2) is 0 Å². The van der Waals surface area contributed by atoms with Crippen LogP contribution in [0.2, 0.25) is 0 Å². The number of nitrogens with one attached hydrogen (secondary N) is 2. The monoisotopic (exact) mass is 333 g/mol. The maximum Gasteiger partial charge on any atom is 0.261 e. The molecule has 3 rings (SSSR count). The van der Waals surface area contributed by atoms with E-state index < -0.39 is 0 Å². The summed E-state index contributed by atoms with van der Waals surface area (Å²) in [5.41, 5.74) is 0.709. The van der Waals surface area contributed by atoms with E-state index in [1.54, 1.807) is 6.07 Å². The first-order chi connectivity index (χ1) is 11.6. The van der Waals surface area contributed by atoms with Crippen LogP contribution in [0.5, 0.6) is 0 Å². The second-order valence-corrected chi connectivity index (χ2v) is 7.04. The van der Waals surface area contributed by atoms with Crippen molar-refractivity contribution in [2.45, 2.75) is 63.6 Å². The minimum Gasteiger partial charge on any atom is -0.393 e. The number of H-pyrrole nitrogens is 1. The molecule has 0 aromatic carbocycles. The van der Waals surface area contributed by atoms with E-state index in [0.717, 1.165) is 38.2 Å². The number of likely N-dealkylation sites (tertiary alicyclic amines) is 1. The van der Waals surface area contributed by atoms with Crippen molar-refractivity contribution in [2.24, 2.45) is 0 Å². The first-order valence-corrected chi connectivity index (χ1v) is 9.05. The first-order valence-electron chi connectivity index (χ1n) is 9.05. The van der Waals surface area contributed by atoms with Crippen LogP contribution >= 0.6 is 0 Å². The van der Waals surface area contributed by atoms with Crippen molar-refractivity contribution >= 4 is 5.91 Å². The number of hydrogen-bond acceptors (Lipinski definition) is 4. The van der Waals surface area contributed by atoms with E-state index in [1.807, 2.05) is 6.07 Å². The first kappa shape index (κ1) is 17.2.